The van der Waals surface area contributed by atoms with E-state index in [0.717, 1.165) is 38.5 Å². The Kier molecular flexibility index (Phi) is 33.8. The van der Waals surface area contributed by atoms with E-state index in [2.05, 4.69) is 32.6 Å². The maximum atomic E-state index is 10.6. The lowest BCUT2D eigenvalue weighted by atomic mass is 9.90. The van der Waals surface area contributed by atoms with Gasteiger partial charge in [0.1, 0.15) is 0 Å². The summed E-state index contributed by atoms with van der Waals surface area (Å²) >= 11 is 0. The summed E-state index contributed by atoms with van der Waals surface area (Å²) in [5.74, 6) is 0.343. The molecule has 0 bridgehead atoms. The van der Waals surface area contributed by atoms with E-state index < -0.39 is 5.97 Å². The van der Waals surface area contributed by atoms with Gasteiger partial charge in [0.2, 0.25) is 0 Å². The Morgan fingerprint density at radius 2 is 0.953 bits per heavy atom. The maximum absolute atomic E-state index is 10.6. The summed E-state index contributed by atoms with van der Waals surface area (Å²) in [6, 6.07) is 0. The highest BCUT2D eigenvalue weighted by molar-refractivity contribution is 5.66. The smallest absolute Gasteiger partial charge is 0.303 e. The topological polar surface area (TPSA) is 49.8 Å². The van der Waals surface area contributed by atoms with Gasteiger partial charge in [-0.2, -0.15) is 0 Å². The zero-order chi connectivity index (χ0) is 31.6. The minimum atomic E-state index is -0.659. The molecule has 43 heavy (non-hydrogen) atoms. The molecule has 4 nitrogen and oxygen atoms in total. The molecular formula is C39H79NO3. The average Bonchev–Trinajstić information content (AvgIpc) is 3.00. The van der Waals surface area contributed by atoms with Crippen LogP contribution in [0.25, 0.3) is 0 Å². The van der Waals surface area contributed by atoms with E-state index in [9.17, 15) is 4.79 Å². The van der Waals surface area contributed by atoms with E-state index in [0.29, 0.717) is 12.5 Å². The number of hydrogen-bond acceptors (Lipinski definition) is 3. The van der Waals surface area contributed by atoms with E-state index >= 15 is 0 Å². The van der Waals surface area contributed by atoms with Crippen LogP contribution in [0.1, 0.15) is 207 Å². The monoisotopic (exact) mass is 610 g/mol. The van der Waals surface area contributed by atoms with Crippen molar-refractivity contribution in [2.75, 3.05) is 26.2 Å². The molecule has 0 fully saturated rings. The van der Waals surface area contributed by atoms with Crippen molar-refractivity contribution in [1.29, 1.82) is 0 Å². The van der Waals surface area contributed by atoms with E-state index in [1.54, 1.807) is 0 Å². The molecule has 0 spiro atoms. The van der Waals surface area contributed by atoms with Crippen LogP contribution in [0.5, 0.6) is 0 Å². The summed E-state index contributed by atoms with van der Waals surface area (Å²) in [6.07, 6.45) is 36.5. The predicted octanol–water partition coefficient (Wildman–Crippen LogP) is 12.4. The molecule has 0 saturated heterocycles. The number of ether oxygens (including phenoxy) is 1. The number of aliphatic carboxylic acids is 1. The van der Waals surface area contributed by atoms with Gasteiger partial charge in [0.05, 0.1) is 6.10 Å². The van der Waals surface area contributed by atoms with Gasteiger partial charge in [-0.3, -0.25) is 4.79 Å². The molecule has 1 N–H and O–H groups in total. The van der Waals surface area contributed by atoms with Crippen LogP contribution in [0.3, 0.4) is 0 Å². The molecule has 0 aromatic carbocycles. The van der Waals surface area contributed by atoms with Gasteiger partial charge in [-0.15, -0.1) is 0 Å². The molecule has 0 aliphatic rings. The van der Waals surface area contributed by atoms with Crippen LogP contribution in [-0.2, 0) is 9.53 Å². The fraction of sp³-hybridized carbons (Fsp3) is 0.974. The summed E-state index contributed by atoms with van der Waals surface area (Å²) in [6.45, 7) is 13.6. The van der Waals surface area contributed by atoms with Gasteiger partial charge < -0.3 is 14.7 Å². The molecule has 0 aromatic heterocycles. The Morgan fingerprint density at radius 1 is 0.535 bits per heavy atom. The fourth-order valence-electron chi connectivity index (χ4n) is 6.53. The quantitative estimate of drug-likeness (QED) is 0.0718. The molecule has 0 aliphatic heterocycles. The van der Waals surface area contributed by atoms with Gasteiger partial charge in [0, 0.05) is 13.0 Å². The molecule has 0 saturated carbocycles. The zero-order valence-corrected chi connectivity index (χ0v) is 30.0. The molecule has 0 aromatic rings. The van der Waals surface area contributed by atoms with Crippen molar-refractivity contribution in [3.05, 3.63) is 0 Å². The van der Waals surface area contributed by atoms with Crippen LogP contribution in [0.15, 0.2) is 0 Å². The number of carboxylic acid groups (broad SMARTS) is 1. The third-order valence-electron chi connectivity index (χ3n) is 9.60. The second-order valence-electron chi connectivity index (χ2n) is 13.5. The van der Waals surface area contributed by atoms with Crippen molar-refractivity contribution < 1.29 is 14.6 Å². The first-order chi connectivity index (χ1) is 21.1. The van der Waals surface area contributed by atoms with Crippen molar-refractivity contribution in [2.45, 2.75) is 214 Å². The standard InChI is InChI=1S/C39H79NO3/c1-5-9-29-37(30-10-6-2)31-23-19-15-12-11-13-16-20-24-32-38(43-36-28-27-35-40(7-3)8-4)33-25-21-17-14-18-22-26-34-39(41)42/h37-38H,5-36H2,1-4H3,(H,41,42). The minimum Gasteiger partial charge on any atom is -0.481 e. The number of carboxylic acids is 1. The van der Waals surface area contributed by atoms with E-state index in [-0.39, 0.29) is 0 Å². The SMILES string of the molecule is CCCCC(CCCC)CCCCCCCCCCCC(CCCCCCCCCC(=O)O)OCCCCN(CC)CC. The van der Waals surface area contributed by atoms with E-state index in [4.69, 9.17) is 9.84 Å². The number of nitrogens with zero attached hydrogens (tertiary/aromatic N) is 1. The van der Waals surface area contributed by atoms with Crippen LogP contribution in [0.4, 0.5) is 0 Å². The molecule has 1 atom stereocenters. The highest BCUT2D eigenvalue weighted by Gasteiger charge is 2.10. The second-order valence-corrected chi connectivity index (χ2v) is 13.5. The fourth-order valence-corrected chi connectivity index (χ4v) is 6.53. The van der Waals surface area contributed by atoms with Crippen molar-refractivity contribution in [2.24, 2.45) is 5.92 Å². The van der Waals surface area contributed by atoms with Gasteiger partial charge >= 0.3 is 5.97 Å². The van der Waals surface area contributed by atoms with Gasteiger partial charge in [-0.25, -0.2) is 0 Å². The first-order valence-corrected chi connectivity index (χ1v) is 19.6. The number of carbonyl (C=O) groups is 1. The third-order valence-corrected chi connectivity index (χ3v) is 9.60. The molecule has 4 heteroatoms. The Hall–Kier alpha value is -0.610. The van der Waals surface area contributed by atoms with Crippen LogP contribution in [0, 0.1) is 5.92 Å². The van der Waals surface area contributed by atoms with Crippen LogP contribution in [-0.4, -0.2) is 48.3 Å². The van der Waals surface area contributed by atoms with Crippen LogP contribution < -0.4 is 0 Å². The molecule has 0 radical (unpaired) electrons. The molecule has 0 aliphatic carbocycles. The maximum Gasteiger partial charge on any atom is 0.303 e. The summed E-state index contributed by atoms with van der Waals surface area (Å²) < 4.78 is 6.44. The second kappa shape index (κ2) is 34.3. The van der Waals surface area contributed by atoms with E-state index in [1.165, 1.54) is 167 Å². The Balaban J connectivity index is 4.01. The van der Waals surface area contributed by atoms with Gasteiger partial charge in [-0.05, 0) is 57.7 Å². The van der Waals surface area contributed by atoms with Crippen molar-refractivity contribution >= 4 is 5.97 Å². The predicted molar refractivity (Wildman–Crippen MR) is 189 cm³/mol. The summed E-state index contributed by atoms with van der Waals surface area (Å²) in [4.78, 5) is 13.2. The Morgan fingerprint density at radius 3 is 1.40 bits per heavy atom. The molecule has 1 unspecified atom stereocenters. The third kappa shape index (κ3) is 31.2. The van der Waals surface area contributed by atoms with Gasteiger partial charge in [0.25, 0.3) is 0 Å². The molecule has 0 rings (SSSR count). The van der Waals surface area contributed by atoms with Gasteiger partial charge in [-0.1, -0.05) is 169 Å². The Bertz CT molecular complexity index is 543. The molecule has 258 valence electrons. The van der Waals surface area contributed by atoms with Gasteiger partial charge in [0.15, 0.2) is 0 Å². The minimum absolute atomic E-state index is 0.326. The number of rotatable bonds is 36. The first kappa shape index (κ1) is 42.4. The van der Waals surface area contributed by atoms with Crippen molar-refractivity contribution in [3.8, 4) is 0 Å². The number of unbranched alkanes of at least 4 members (excludes halogenated alkanes) is 17. The highest BCUT2D eigenvalue weighted by Crippen LogP contribution is 2.23. The largest absolute Gasteiger partial charge is 0.481 e. The zero-order valence-electron chi connectivity index (χ0n) is 30.0. The lowest BCUT2D eigenvalue weighted by Gasteiger charge is -2.20. The summed E-state index contributed by atoms with van der Waals surface area (Å²) in [5.41, 5.74) is 0. The van der Waals surface area contributed by atoms with Crippen LogP contribution >= 0.6 is 0 Å². The van der Waals surface area contributed by atoms with E-state index in [1.807, 2.05) is 0 Å². The van der Waals surface area contributed by atoms with Crippen molar-refractivity contribution in [1.82, 2.24) is 4.90 Å². The summed E-state index contributed by atoms with van der Waals surface area (Å²) in [5, 5.41) is 8.77. The van der Waals surface area contributed by atoms with Crippen LogP contribution in [0.2, 0.25) is 0 Å². The lowest BCUT2D eigenvalue weighted by molar-refractivity contribution is -0.137. The molecular weight excluding hydrogens is 530 g/mol. The number of hydrogen-bond donors (Lipinski definition) is 1. The Labute approximate surface area is 270 Å². The highest BCUT2D eigenvalue weighted by atomic mass is 16.5. The first-order valence-electron chi connectivity index (χ1n) is 19.6. The molecule has 0 heterocycles. The van der Waals surface area contributed by atoms with Crippen molar-refractivity contribution in [3.63, 3.8) is 0 Å². The lowest BCUT2D eigenvalue weighted by Crippen LogP contribution is -2.24. The average molecular weight is 610 g/mol. The summed E-state index contributed by atoms with van der Waals surface area (Å²) in [7, 11) is 0. The normalized spacial score (nSPS) is 12.5. The molecule has 0 amide bonds.